The average molecular weight is 184 g/mol. The molecule has 12 heavy (non-hydrogen) atoms. The second-order valence-corrected chi connectivity index (χ2v) is 3.08. The zero-order chi connectivity index (χ0) is 8.97. The van der Waals surface area contributed by atoms with Crippen LogP contribution in [0.5, 0.6) is 0 Å². The molecule has 0 aromatic carbocycles. The van der Waals surface area contributed by atoms with Crippen LogP contribution in [0, 0.1) is 0 Å². The van der Waals surface area contributed by atoms with Crippen LogP contribution in [0.4, 0.5) is 0 Å². The molecule has 64 valence electrons. The summed E-state index contributed by atoms with van der Waals surface area (Å²) in [6.07, 6.45) is 4.53. The highest BCUT2D eigenvalue weighted by molar-refractivity contribution is 6.31. The van der Waals surface area contributed by atoms with Crippen molar-refractivity contribution in [3.05, 3.63) is 29.0 Å². The fourth-order valence-electron chi connectivity index (χ4n) is 0.917. The zero-order valence-corrected chi connectivity index (χ0v) is 7.64. The smallest absolute Gasteiger partial charge is 0.130 e. The first kappa shape index (κ1) is 9.20. The molecule has 0 saturated carbocycles. The van der Waals surface area contributed by atoms with Crippen molar-refractivity contribution in [2.45, 2.75) is 19.8 Å². The highest BCUT2D eigenvalue weighted by atomic mass is 35.5. The van der Waals surface area contributed by atoms with Crippen LogP contribution in [0.3, 0.4) is 0 Å². The molecule has 1 aromatic rings. The molecule has 1 rings (SSSR count). The van der Waals surface area contributed by atoms with E-state index in [0.717, 1.165) is 5.56 Å². The number of hydrogen-bond acceptors (Lipinski definition) is 2. The standard InChI is InChI=1S/C9H10ClNO/c1-7(12)2-3-8-4-5-11-6-9(8)10/h4-6H,2-3H2,1H3. The Morgan fingerprint density at radius 3 is 3.00 bits per heavy atom. The lowest BCUT2D eigenvalue weighted by atomic mass is 10.1. The van der Waals surface area contributed by atoms with E-state index in [1.165, 1.54) is 0 Å². The molecule has 1 heterocycles. The highest BCUT2D eigenvalue weighted by Gasteiger charge is 2.00. The van der Waals surface area contributed by atoms with Crippen molar-refractivity contribution in [3.63, 3.8) is 0 Å². The number of halogens is 1. The molecule has 0 N–H and O–H groups in total. The van der Waals surface area contributed by atoms with Crippen LogP contribution in [0.15, 0.2) is 18.5 Å². The number of pyridine rings is 1. The van der Waals surface area contributed by atoms with Crippen molar-refractivity contribution in [1.29, 1.82) is 0 Å². The molecule has 0 spiro atoms. The van der Waals surface area contributed by atoms with Crippen LogP contribution in [0.25, 0.3) is 0 Å². The van der Waals surface area contributed by atoms with E-state index in [1.54, 1.807) is 19.3 Å². The molecule has 0 unspecified atom stereocenters. The summed E-state index contributed by atoms with van der Waals surface area (Å²) >= 11 is 5.83. The predicted molar refractivity (Wildman–Crippen MR) is 48.2 cm³/mol. The monoisotopic (exact) mass is 183 g/mol. The van der Waals surface area contributed by atoms with Gasteiger partial charge < -0.3 is 4.79 Å². The Kier molecular flexibility index (Phi) is 3.23. The van der Waals surface area contributed by atoms with Gasteiger partial charge in [0.25, 0.3) is 0 Å². The van der Waals surface area contributed by atoms with Crippen molar-refractivity contribution in [2.75, 3.05) is 0 Å². The lowest BCUT2D eigenvalue weighted by Gasteiger charge is -1.99. The van der Waals surface area contributed by atoms with Gasteiger partial charge in [-0.05, 0) is 25.0 Å². The normalized spacial score (nSPS) is 9.83. The van der Waals surface area contributed by atoms with Crippen molar-refractivity contribution in [1.82, 2.24) is 4.98 Å². The van der Waals surface area contributed by atoms with Crippen LogP contribution >= 0.6 is 11.6 Å². The van der Waals surface area contributed by atoms with E-state index < -0.39 is 0 Å². The number of ketones is 1. The number of nitrogens with zero attached hydrogens (tertiary/aromatic N) is 1. The van der Waals surface area contributed by atoms with Crippen LogP contribution in [-0.2, 0) is 11.2 Å². The summed E-state index contributed by atoms with van der Waals surface area (Å²) in [4.78, 5) is 14.5. The maximum atomic E-state index is 10.7. The number of carbonyl (C=O) groups is 1. The fourth-order valence-corrected chi connectivity index (χ4v) is 1.13. The van der Waals surface area contributed by atoms with E-state index in [0.29, 0.717) is 17.9 Å². The minimum atomic E-state index is 0.183. The van der Waals surface area contributed by atoms with Crippen molar-refractivity contribution < 1.29 is 4.79 Å². The van der Waals surface area contributed by atoms with Crippen LogP contribution in [0.1, 0.15) is 18.9 Å². The van der Waals surface area contributed by atoms with Gasteiger partial charge in [0.05, 0.1) is 5.02 Å². The summed E-state index contributed by atoms with van der Waals surface area (Å²) in [7, 11) is 0. The molecule has 1 aromatic heterocycles. The Hall–Kier alpha value is -0.890. The zero-order valence-electron chi connectivity index (χ0n) is 6.88. The molecule has 3 heteroatoms. The quantitative estimate of drug-likeness (QED) is 0.720. The number of aromatic nitrogens is 1. The molecule has 0 radical (unpaired) electrons. The fraction of sp³-hybridized carbons (Fsp3) is 0.333. The Morgan fingerprint density at radius 2 is 2.42 bits per heavy atom. The first-order chi connectivity index (χ1) is 5.70. The molecule has 0 aliphatic rings. The van der Waals surface area contributed by atoms with Crippen molar-refractivity contribution in [3.8, 4) is 0 Å². The van der Waals surface area contributed by atoms with Gasteiger partial charge in [-0.2, -0.15) is 0 Å². The summed E-state index contributed by atoms with van der Waals surface area (Å²) < 4.78 is 0. The van der Waals surface area contributed by atoms with Gasteiger partial charge in [0.15, 0.2) is 0 Å². The third-order valence-electron chi connectivity index (χ3n) is 1.60. The van der Waals surface area contributed by atoms with Crippen LogP contribution in [-0.4, -0.2) is 10.8 Å². The molecular formula is C9H10ClNO. The van der Waals surface area contributed by atoms with Crippen LogP contribution < -0.4 is 0 Å². The SMILES string of the molecule is CC(=O)CCc1ccncc1Cl. The summed E-state index contributed by atoms with van der Waals surface area (Å²) in [6, 6.07) is 1.84. The summed E-state index contributed by atoms with van der Waals surface area (Å²) in [6.45, 7) is 1.58. The van der Waals surface area contributed by atoms with Gasteiger partial charge in [-0.3, -0.25) is 4.98 Å². The van der Waals surface area contributed by atoms with Crippen molar-refractivity contribution >= 4 is 17.4 Å². The van der Waals surface area contributed by atoms with Crippen molar-refractivity contribution in [2.24, 2.45) is 0 Å². The number of aryl methyl sites for hydroxylation is 1. The van der Waals surface area contributed by atoms with Gasteiger partial charge in [0, 0.05) is 18.8 Å². The second kappa shape index (κ2) is 4.21. The molecule has 0 saturated heterocycles. The minimum absolute atomic E-state index is 0.183. The second-order valence-electron chi connectivity index (χ2n) is 2.67. The van der Waals surface area contributed by atoms with E-state index in [2.05, 4.69) is 4.98 Å². The van der Waals surface area contributed by atoms with Crippen LogP contribution in [0.2, 0.25) is 5.02 Å². The molecule has 0 aliphatic carbocycles. The minimum Gasteiger partial charge on any atom is -0.300 e. The predicted octanol–water partition coefficient (Wildman–Crippen LogP) is 2.26. The molecule has 0 atom stereocenters. The van der Waals surface area contributed by atoms with E-state index in [4.69, 9.17) is 11.6 Å². The third-order valence-corrected chi connectivity index (χ3v) is 1.94. The molecule has 0 aliphatic heterocycles. The third kappa shape index (κ3) is 2.62. The van der Waals surface area contributed by atoms with Gasteiger partial charge in [-0.25, -0.2) is 0 Å². The maximum Gasteiger partial charge on any atom is 0.130 e. The van der Waals surface area contributed by atoms with E-state index >= 15 is 0 Å². The molecule has 0 amide bonds. The highest BCUT2D eigenvalue weighted by Crippen LogP contribution is 2.14. The number of Topliss-reactive ketones (excluding diaryl/α,β-unsaturated/α-hetero) is 1. The Balaban J connectivity index is 2.63. The number of rotatable bonds is 3. The van der Waals surface area contributed by atoms with E-state index in [1.807, 2.05) is 6.07 Å². The molecule has 0 fully saturated rings. The van der Waals surface area contributed by atoms with Gasteiger partial charge >= 0.3 is 0 Å². The van der Waals surface area contributed by atoms with E-state index in [-0.39, 0.29) is 5.78 Å². The topological polar surface area (TPSA) is 30.0 Å². The summed E-state index contributed by atoms with van der Waals surface area (Å²) in [5.74, 6) is 0.183. The van der Waals surface area contributed by atoms with Gasteiger partial charge in [0.1, 0.15) is 5.78 Å². The lowest BCUT2D eigenvalue weighted by Crippen LogP contribution is -1.94. The average Bonchev–Trinajstić information content (AvgIpc) is 2.03. The number of hydrogen-bond donors (Lipinski definition) is 0. The van der Waals surface area contributed by atoms with E-state index in [9.17, 15) is 4.79 Å². The first-order valence-electron chi connectivity index (χ1n) is 3.78. The van der Waals surface area contributed by atoms with Gasteiger partial charge in [0.2, 0.25) is 0 Å². The van der Waals surface area contributed by atoms with Gasteiger partial charge in [-0.15, -0.1) is 0 Å². The first-order valence-corrected chi connectivity index (χ1v) is 4.16. The molecule has 2 nitrogen and oxygen atoms in total. The largest absolute Gasteiger partial charge is 0.300 e. The molecule has 0 bridgehead atoms. The lowest BCUT2D eigenvalue weighted by molar-refractivity contribution is -0.116. The van der Waals surface area contributed by atoms with Gasteiger partial charge in [-0.1, -0.05) is 11.6 Å². The summed E-state index contributed by atoms with van der Waals surface area (Å²) in [5.41, 5.74) is 0.988. The maximum absolute atomic E-state index is 10.7. The molecular weight excluding hydrogens is 174 g/mol. The Morgan fingerprint density at radius 1 is 1.67 bits per heavy atom. The Labute approximate surface area is 76.6 Å². The summed E-state index contributed by atoms with van der Waals surface area (Å²) in [5, 5.41) is 0.638. The number of carbonyl (C=O) groups excluding carboxylic acids is 1. The Bertz CT molecular complexity index is 286.